The predicted octanol–water partition coefficient (Wildman–Crippen LogP) is 2.11. The summed E-state index contributed by atoms with van der Waals surface area (Å²) < 4.78 is 5.37. The zero-order valence-corrected chi connectivity index (χ0v) is 9.81. The number of benzene rings is 1. The molecule has 0 spiro atoms. The molecule has 0 aliphatic heterocycles. The van der Waals surface area contributed by atoms with Gasteiger partial charge in [0.2, 0.25) is 0 Å². The highest BCUT2D eigenvalue weighted by atomic mass is 16.3. The minimum absolute atomic E-state index is 0.176. The number of primary amides is 1. The Hall–Kier alpha value is -2.23. The van der Waals surface area contributed by atoms with Crippen molar-refractivity contribution in [3.8, 4) is 11.3 Å². The van der Waals surface area contributed by atoms with Crippen LogP contribution in [0.4, 0.5) is 5.69 Å². The Morgan fingerprint density at radius 1 is 1.24 bits per heavy atom. The van der Waals surface area contributed by atoms with Gasteiger partial charge in [-0.15, -0.1) is 0 Å². The Balaban J connectivity index is 2.38. The van der Waals surface area contributed by atoms with Crippen molar-refractivity contribution in [2.24, 2.45) is 5.73 Å². The molecule has 0 radical (unpaired) electrons. The Kier molecular flexibility index (Phi) is 2.87. The lowest BCUT2D eigenvalue weighted by molar-refractivity contribution is 0.0974. The van der Waals surface area contributed by atoms with Crippen molar-refractivity contribution in [2.45, 2.75) is 0 Å². The molecule has 4 heteroatoms. The predicted molar refractivity (Wildman–Crippen MR) is 67.0 cm³/mol. The number of furan rings is 1. The molecule has 0 aliphatic carbocycles. The minimum atomic E-state index is -0.556. The van der Waals surface area contributed by atoms with Gasteiger partial charge in [-0.25, -0.2) is 0 Å². The number of anilines is 1. The second-order valence-corrected chi connectivity index (χ2v) is 3.97. The lowest BCUT2D eigenvalue weighted by atomic mass is 10.1. The minimum Gasteiger partial charge on any atom is -0.451 e. The van der Waals surface area contributed by atoms with E-state index in [-0.39, 0.29) is 5.76 Å². The van der Waals surface area contributed by atoms with E-state index in [0.29, 0.717) is 5.76 Å². The van der Waals surface area contributed by atoms with Crippen LogP contribution in [0.1, 0.15) is 10.6 Å². The van der Waals surface area contributed by atoms with Crippen LogP contribution in [0.2, 0.25) is 0 Å². The lowest BCUT2D eigenvalue weighted by Crippen LogP contribution is -2.09. The van der Waals surface area contributed by atoms with Gasteiger partial charge >= 0.3 is 0 Å². The Morgan fingerprint density at radius 3 is 2.59 bits per heavy atom. The zero-order valence-electron chi connectivity index (χ0n) is 9.81. The summed E-state index contributed by atoms with van der Waals surface area (Å²) in [4.78, 5) is 12.9. The third-order valence-electron chi connectivity index (χ3n) is 2.50. The Labute approximate surface area is 99.6 Å². The van der Waals surface area contributed by atoms with Gasteiger partial charge < -0.3 is 15.1 Å². The van der Waals surface area contributed by atoms with Gasteiger partial charge in [0, 0.05) is 25.3 Å². The van der Waals surface area contributed by atoms with Gasteiger partial charge in [0.15, 0.2) is 5.76 Å². The van der Waals surface area contributed by atoms with Crippen LogP contribution < -0.4 is 10.6 Å². The number of carbonyl (C=O) groups excluding carboxylic acids is 1. The van der Waals surface area contributed by atoms with Crippen molar-refractivity contribution in [2.75, 3.05) is 19.0 Å². The van der Waals surface area contributed by atoms with Gasteiger partial charge in [0.25, 0.3) is 5.91 Å². The number of rotatable bonds is 3. The van der Waals surface area contributed by atoms with Crippen LogP contribution in [0.25, 0.3) is 11.3 Å². The van der Waals surface area contributed by atoms with Gasteiger partial charge in [-0.05, 0) is 24.3 Å². The normalized spacial score (nSPS) is 10.2. The number of nitrogens with two attached hydrogens (primary N) is 1. The summed E-state index contributed by atoms with van der Waals surface area (Å²) in [5.74, 6) is 0.262. The molecule has 0 fully saturated rings. The van der Waals surface area contributed by atoms with E-state index in [0.717, 1.165) is 11.3 Å². The fourth-order valence-electron chi connectivity index (χ4n) is 1.56. The largest absolute Gasteiger partial charge is 0.451 e. The monoisotopic (exact) mass is 230 g/mol. The number of hydrogen-bond acceptors (Lipinski definition) is 3. The standard InChI is InChI=1S/C13H14N2O2/c1-15(2)10-5-3-4-9(8-10)11-6-7-12(17-11)13(14)16/h3-8H,1-2H3,(H2,14,16). The fourth-order valence-corrected chi connectivity index (χ4v) is 1.56. The molecule has 0 saturated heterocycles. The van der Waals surface area contributed by atoms with Gasteiger partial charge in [0.1, 0.15) is 5.76 Å². The van der Waals surface area contributed by atoms with Crippen LogP contribution in [0.15, 0.2) is 40.8 Å². The first-order valence-corrected chi connectivity index (χ1v) is 5.25. The smallest absolute Gasteiger partial charge is 0.284 e. The average molecular weight is 230 g/mol. The molecule has 1 aromatic carbocycles. The van der Waals surface area contributed by atoms with Crippen molar-refractivity contribution in [1.82, 2.24) is 0 Å². The molecule has 17 heavy (non-hydrogen) atoms. The average Bonchev–Trinajstić information content (AvgIpc) is 2.78. The first-order chi connectivity index (χ1) is 8.08. The molecule has 0 bridgehead atoms. The summed E-state index contributed by atoms with van der Waals surface area (Å²) in [6, 6.07) is 11.2. The van der Waals surface area contributed by atoms with E-state index in [2.05, 4.69) is 0 Å². The highest BCUT2D eigenvalue weighted by Crippen LogP contribution is 2.25. The molecular weight excluding hydrogens is 216 g/mol. The van der Waals surface area contributed by atoms with Gasteiger partial charge in [-0.2, -0.15) is 0 Å². The number of carbonyl (C=O) groups is 1. The molecule has 0 saturated carbocycles. The van der Waals surface area contributed by atoms with E-state index in [1.54, 1.807) is 12.1 Å². The molecule has 2 N–H and O–H groups in total. The molecule has 0 atom stereocenters. The molecule has 88 valence electrons. The van der Waals surface area contributed by atoms with E-state index in [4.69, 9.17) is 10.2 Å². The Morgan fingerprint density at radius 2 is 2.00 bits per heavy atom. The van der Waals surface area contributed by atoms with Gasteiger partial charge in [-0.1, -0.05) is 12.1 Å². The topological polar surface area (TPSA) is 59.5 Å². The fraction of sp³-hybridized carbons (Fsp3) is 0.154. The van der Waals surface area contributed by atoms with Crippen molar-refractivity contribution in [1.29, 1.82) is 0 Å². The zero-order chi connectivity index (χ0) is 12.4. The maximum absolute atomic E-state index is 10.9. The van der Waals surface area contributed by atoms with Crippen molar-refractivity contribution < 1.29 is 9.21 Å². The van der Waals surface area contributed by atoms with E-state index in [9.17, 15) is 4.79 Å². The van der Waals surface area contributed by atoms with Crippen LogP contribution in [-0.2, 0) is 0 Å². The third-order valence-corrected chi connectivity index (χ3v) is 2.50. The number of nitrogens with zero attached hydrogens (tertiary/aromatic N) is 1. The maximum atomic E-state index is 10.9. The van der Waals surface area contributed by atoms with Crippen LogP contribution >= 0.6 is 0 Å². The summed E-state index contributed by atoms with van der Waals surface area (Å²) in [6.45, 7) is 0. The first kappa shape index (κ1) is 11.3. The van der Waals surface area contributed by atoms with E-state index in [1.165, 1.54) is 0 Å². The number of hydrogen-bond donors (Lipinski definition) is 1. The molecule has 0 unspecified atom stereocenters. The van der Waals surface area contributed by atoms with E-state index < -0.39 is 5.91 Å². The van der Waals surface area contributed by atoms with E-state index >= 15 is 0 Å². The summed E-state index contributed by atoms with van der Waals surface area (Å²) >= 11 is 0. The molecular formula is C13H14N2O2. The maximum Gasteiger partial charge on any atom is 0.284 e. The second kappa shape index (κ2) is 4.33. The third kappa shape index (κ3) is 2.30. The van der Waals surface area contributed by atoms with E-state index in [1.807, 2.05) is 43.3 Å². The Bertz CT molecular complexity index is 544. The molecule has 4 nitrogen and oxygen atoms in total. The molecule has 2 aromatic rings. The molecule has 0 aliphatic rings. The van der Waals surface area contributed by atoms with Crippen molar-refractivity contribution in [3.63, 3.8) is 0 Å². The lowest BCUT2D eigenvalue weighted by Gasteiger charge is -2.12. The first-order valence-electron chi connectivity index (χ1n) is 5.25. The molecule has 2 rings (SSSR count). The SMILES string of the molecule is CN(C)c1cccc(-c2ccc(C(N)=O)o2)c1. The molecule has 1 heterocycles. The summed E-state index contributed by atoms with van der Waals surface area (Å²) in [5, 5.41) is 0. The van der Waals surface area contributed by atoms with Crippen molar-refractivity contribution >= 4 is 11.6 Å². The summed E-state index contributed by atoms with van der Waals surface area (Å²) in [5.41, 5.74) is 7.13. The number of amides is 1. The summed E-state index contributed by atoms with van der Waals surface area (Å²) in [7, 11) is 3.94. The van der Waals surface area contributed by atoms with Crippen LogP contribution in [0.3, 0.4) is 0 Å². The highest BCUT2D eigenvalue weighted by molar-refractivity contribution is 5.90. The second-order valence-electron chi connectivity index (χ2n) is 3.97. The van der Waals surface area contributed by atoms with Crippen LogP contribution in [0, 0.1) is 0 Å². The van der Waals surface area contributed by atoms with Crippen LogP contribution in [0.5, 0.6) is 0 Å². The highest BCUT2D eigenvalue weighted by Gasteiger charge is 2.09. The van der Waals surface area contributed by atoms with Crippen molar-refractivity contribution in [3.05, 3.63) is 42.2 Å². The van der Waals surface area contributed by atoms with Crippen LogP contribution in [-0.4, -0.2) is 20.0 Å². The molecule has 1 amide bonds. The van der Waals surface area contributed by atoms with Gasteiger partial charge in [0.05, 0.1) is 0 Å². The quantitative estimate of drug-likeness (QED) is 0.878. The summed E-state index contributed by atoms with van der Waals surface area (Å²) in [6.07, 6.45) is 0. The molecule has 1 aromatic heterocycles. The van der Waals surface area contributed by atoms with Gasteiger partial charge in [-0.3, -0.25) is 4.79 Å².